The van der Waals surface area contributed by atoms with Crippen molar-refractivity contribution in [2.45, 2.75) is 0 Å². The van der Waals surface area contributed by atoms with Gasteiger partial charge in [0.1, 0.15) is 9.84 Å². The molecule has 0 aliphatic carbocycles. The first-order valence-electron chi connectivity index (χ1n) is 4.63. The first kappa shape index (κ1) is 12.3. The monoisotopic (exact) mass is 239 g/mol. The first-order chi connectivity index (χ1) is 7.42. The van der Waals surface area contributed by atoms with Crippen LogP contribution in [0.2, 0.25) is 0 Å². The Hall–Kier alpha value is -1.74. The molecule has 0 atom stereocenters. The largest absolute Gasteiger partial charge is 0.397 e. The summed E-state index contributed by atoms with van der Waals surface area (Å²) in [6.07, 6.45) is 1.17. The van der Waals surface area contributed by atoms with E-state index in [0.29, 0.717) is 16.9 Å². The minimum absolute atomic E-state index is 0.0310. The predicted octanol–water partition coefficient (Wildman–Crippen LogP) is 0.597. The summed E-state index contributed by atoms with van der Waals surface area (Å²) in [5.74, 6) is 0.0310. The second-order valence-corrected chi connectivity index (χ2v) is 5.73. The van der Waals surface area contributed by atoms with Gasteiger partial charge >= 0.3 is 0 Å². The van der Waals surface area contributed by atoms with Gasteiger partial charge in [0.2, 0.25) is 0 Å². The van der Waals surface area contributed by atoms with Gasteiger partial charge in [0.05, 0.1) is 28.8 Å². The first-order valence-corrected chi connectivity index (χ1v) is 6.69. The maximum Gasteiger partial charge on any atom is 0.149 e. The molecule has 0 bridgehead atoms. The number of nitrogens with zero attached hydrogens (tertiary/aromatic N) is 1. The standard InChI is InChI=1S/C10H13N3O2S/c1-16(14,15)5-4-13-10-6-8(7-11)2-3-9(10)12/h2-3,6,13H,4-5,12H2,1H3. The molecule has 86 valence electrons. The van der Waals surface area contributed by atoms with Crippen molar-refractivity contribution in [1.29, 1.82) is 5.26 Å². The minimum Gasteiger partial charge on any atom is -0.397 e. The Balaban J connectivity index is 2.71. The summed E-state index contributed by atoms with van der Waals surface area (Å²) in [5, 5.41) is 11.6. The van der Waals surface area contributed by atoms with Crippen LogP contribution in [0.15, 0.2) is 18.2 Å². The fourth-order valence-electron chi connectivity index (χ4n) is 1.15. The maximum atomic E-state index is 10.9. The van der Waals surface area contributed by atoms with Crippen LogP contribution in [0.4, 0.5) is 11.4 Å². The van der Waals surface area contributed by atoms with Crippen LogP contribution in [0, 0.1) is 11.3 Å². The van der Waals surface area contributed by atoms with Crippen molar-refractivity contribution >= 4 is 21.2 Å². The molecule has 1 aromatic carbocycles. The fraction of sp³-hybridized carbons (Fsp3) is 0.300. The predicted molar refractivity (Wildman–Crippen MR) is 63.8 cm³/mol. The highest BCUT2D eigenvalue weighted by atomic mass is 32.2. The molecule has 1 aromatic rings. The molecular formula is C10H13N3O2S. The van der Waals surface area contributed by atoms with E-state index in [2.05, 4.69) is 5.32 Å². The summed E-state index contributed by atoms with van der Waals surface area (Å²) in [7, 11) is -2.99. The number of nitrogens with one attached hydrogen (secondary N) is 1. The van der Waals surface area contributed by atoms with Gasteiger partial charge in [-0.3, -0.25) is 0 Å². The van der Waals surface area contributed by atoms with E-state index >= 15 is 0 Å². The Morgan fingerprint density at radius 2 is 2.19 bits per heavy atom. The average molecular weight is 239 g/mol. The van der Waals surface area contributed by atoms with Gasteiger partial charge in [-0.2, -0.15) is 5.26 Å². The number of nitrogen functional groups attached to an aromatic ring is 1. The molecule has 5 nitrogen and oxygen atoms in total. The molecule has 0 fully saturated rings. The molecule has 6 heteroatoms. The van der Waals surface area contributed by atoms with Crippen molar-refractivity contribution in [3.05, 3.63) is 23.8 Å². The van der Waals surface area contributed by atoms with E-state index < -0.39 is 9.84 Å². The quantitative estimate of drug-likeness (QED) is 0.750. The van der Waals surface area contributed by atoms with E-state index in [1.54, 1.807) is 18.2 Å². The van der Waals surface area contributed by atoms with Gasteiger partial charge in [0.15, 0.2) is 0 Å². The Labute approximate surface area is 94.8 Å². The number of benzene rings is 1. The Bertz CT molecular complexity index is 517. The molecule has 0 saturated heterocycles. The highest BCUT2D eigenvalue weighted by Crippen LogP contribution is 2.19. The number of rotatable bonds is 4. The van der Waals surface area contributed by atoms with Gasteiger partial charge in [-0.05, 0) is 18.2 Å². The third-order valence-electron chi connectivity index (χ3n) is 1.97. The number of hydrogen-bond acceptors (Lipinski definition) is 5. The van der Waals surface area contributed by atoms with Crippen LogP contribution in [-0.2, 0) is 9.84 Å². The number of nitrogens with two attached hydrogens (primary N) is 1. The van der Waals surface area contributed by atoms with Crippen LogP contribution >= 0.6 is 0 Å². The molecule has 0 radical (unpaired) electrons. The lowest BCUT2D eigenvalue weighted by molar-refractivity contribution is 0.602. The van der Waals surface area contributed by atoms with Crippen LogP contribution in [0.5, 0.6) is 0 Å². The highest BCUT2D eigenvalue weighted by molar-refractivity contribution is 7.90. The normalized spacial score (nSPS) is 10.8. The Morgan fingerprint density at radius 1 is 1.50 bits per heavy atom. The molecule has 0 aromatic heterocycles. The lowest BCUT2D eigenvalue weighted by Gasteiger charge is -2.08. The molecule has 1 rings (SSSR count). The van der Waals surface area contributed by atoms with Crippen LogP contribution in [0.1, 0.15) is 5.56 Å². The van der Waals surface area contributed by atoms with Gasteiger partial charge in [-0.1, -0.05) is 0 Å². The molecular weight excluding hydrogens is 226 g/mol. The SMILES string of the molecule is CS(=O)(=O)CCNc1cc(C#N)ccc1N. The van der Waals surface area contributed by atoms with E-state index in [-0.39, 0.29) is 12.3 Å². The van der Waals surface area contributed by atoms with Gasteiger partial charge in [0, 0.05) is 12.8 Å². The topological polar surface area (TPSA) is 96.0 Å². The van der Waals surface area contributed by atoms with Crippen LogP contribution in [0.25, 0.3) is 0 Å². The lowest BCUT2D eigenvalue weighted by Crippen LogP contribution is -2.14. The Kier molecular flexibility index (Phi) is 3.74. The zero-order chi connectivity index (χ0) is 12.2. The smallest absolute Gasteiger partial charge is 0.149 e. The minimum atomic E-state index is -2.99. The maximum absolute atomic E-state index is 10.9. The third-order valence-corrected chi connectivity index (χ3v) is 2.92. The highest BCUT2D eigenvalue weighted by Gasteiger charge is 2.04. The summed E-state index contributed by atoms with van der Waals surface area (Å²) < 4.78 is 21.8. The molecule has 0 spiro atoms. The molecule has 0 saturated carbocycles. The zero-order valence-electron chi connectivity index (χ0n) is 8.90. The zero-order valence-corrected chi connectivity index (χ0v) is 9.71. The third kappa shape index (κ3) is 3.79. The number of sulfone groups is 1. The van der Waals surface area contributed by atoms with Crippen LogP contribution in [0.3, 0.4) is 0 Å². The number of nitriles is 1. The van der Waals surface area contributed by atoms with Gasteiger partial charge in [-0.15, -0.1) is 0 Å². The second kappa shape index (κ2) is 4.86. The lowest BCUT2D eigenvalue weighted by atomic mass is 10.2. The van der Waals surface area contributed by atoms with Gasteiger partial charge < -0.3 is 11.1 Å². The van der Waals surface area contributed by atoms with E-state index in [1.807, 2.05) is 6.07 Å². The van der Waals surface area contributed by atoms with Crippen molar-refractivity contribution < 1.29 is 8.42 Å². The summed E-state index contributed by atoms with van der Waals surface area (Å²) >= 11 is 0. The molecule has 0 aliphatic heterocycles. The summed E-state index contributed by atoms with van der Waals surface area (Å²) in [6.45, 7) is 0.276. The average Bonchev–Trinajstić information content (AvgIpc) is 2.19. The van der Waals surface area contributed by atoms with E-state index in [4.69, 9.17) is 11.0 Å². The van der Waals surface area contributed by atoms with Crippen molar-refractivity contribution in [2.24, 2.45) is 0 Å². The summed E-state index contributed by atoms with van der Waals surface area (Å²) in [6, 6.07) is 6.80. The summed E-state index contributed by atoms with van der Waals surface area (Å²) in [5.41, 5.74) is 7.23. The van der Waals surface area contributed by atoms with Crippen molar-refractivity contribution in [3.8, 4) is 6.07 Å². The molecule has 16 heavy (non-hydrogen) atoms. The van der Waals surface area contributed by atoms with Gasteiger partial charge in [0.25, 0.3) is 0 Å². The van der Waals surface area contributed by atoms with Crippen molar-refractivity contribution in [2.75, 3.05) is 29.6 Å². The summed E-state index contributed by atoms with van der Waals surface area (Å²) in [4.78, 5) is 0. The number of anilines is 2. The van der Waals surface area contributed by atoms with Crippen LogP contribution in [-0.4, -0.2) is 27.0 Å². The Morgan fingerprint density at radius 3 is 2.75 bits per heavy atom. The molecule has 3 N–H and O–H groups in total. The fourth-order valence-corrected chi connectivity index (χ4v) is 1.62. The van der Waals surface area contributed by atoms with Crippen LogP contribution < -0.4 is 11.1 Å². The van der Waals surface area contributed by atoms with E-state index in [9.17, 15) is 8.42 Å². The van der Waals surface area contributed by atoms with E-state index in [0.717, 1.165) is 0 Å². The van der Waals surface area contributed by atoms with Gasteiger partial charge in [-0.25, -0.2) is 8.42 Å². The van der Waals surface area contributed by atoms with E-state index in [1.165, 1.54) is 6.26 Å². The van der Waals surface area contributed by atoms with Crippen molar-refractivity contribution in [1.82, 2.24) is 0 Å². The second-order valence-electron chi connectivity index (χ2n) is 3.47. The molecule has 0 heterocycles. The number of hydrogen-bond donors (Lipinski definition) is 2. The van der Waals surface area contributed by atoms with Crippen molar-refractivity contribution in [3.63, 3.8) is 0 Å². The molecule has 0 amide bonds. The molecule has 0 unspecified atom stereocenters. The molecule has 0 aliphatic rings.